The van der Waals surface area contributed by atoms with Crippen molar-refractivity contribution >= 4 is 29.2 Å². The molecule has 0 aromatic heterocycles. The normalized spacial score (nSPS) is 17.2. The first-order valence-corrected chi connectivity index (χ1v) is 11.6. The van der Waals surface area contributed by atoms with Gasteiger partial charge >= 0.3 is 5.97 Å². The maximum Gasteiger partial charge on any atom is 0.307 e. The predicted octanol–water partition coefficient (Wildman–Crippen LogP) is 6.62. The summed E-state index contributed by atoms with van der Waals surface area (Å²) in [6.07, 6.45) is 7.32. The second-order valence-electron chi connectivity index (χ2n) is 9.11. The van der Waals surface area contributed by atoms with E-state index in [9.17, 15) is 14.3 Å². The number of nitrogens with zero attached hydrogens (tertiary/aromatic N) is 1. The Hall–Kier alpha value is -2.27. The van der Waals surface area contributed by atoms with Crippen LogP contribution < -0.4 is 4.31 Å². The van der Waals surface area contributed by atoms with Gasteiger partial charge < -0.3 is 9.41 Å². The first kappa shape index (κ1) is 21.0. The zero-order valence-corrected chi connectivity index (χ0v) is 18.8. The summed E-state index contributed by atoms with van der Waals surface area (Å²) in [7, 11) is 0. The van der Waals surface area contributed by atoms with Crippen LogP contribution in [0.15, 0.2) is 30.3 Å². The van der Waals surface area contributed by atoms with Gasteiger partial charge in [0, 0.05) is 11.8 Å². The Kier molecular flexibility index (Phi) is 5.43. The molecule has 158 valence electrons. The standard InChI is InChI=1S/C25H28FNO2S/c1-15-20(13-23(28)29)21(16-7-9-25(2,3)10-8-16)12-22-19-6-5-18(26)11-17(19)14-27(30-4)24(15)22/h5-7,11-12H,8-10,13-14H2,1-4H3,(H,28,29). The Bertz CT molecular complexity index is 1060. The smallest absolute Gasteiger partial charge is 0.307 e. The average molecular weight is 426 g/mol. The van der Waals surface area contributed by atoms with Gasteiger partial charge in [0.05, 0.1) is 18.7 Å². The highest BCUT2D eigenvalue weighted by molar-refractivity contribution is 7.99. The summed E-state index contributed by atoms with van der Waals surface area (Å²) < 4.78 is 16.1. The van der Waals surface area contributed by atoms with Crippen molar-refractivity contribution < 1.29 is 14.3 Å². The van der Waals surface area contributed by atoms with Gasteiger partial charge in [-0.15, -0.1) is 0 Å². The predicted molar refractivity (Wildman–Crippen MR) is 123 cm³/mol. The van der Waals surface area contributed by atoms with Gasteiger partial charge in [-0.2, -0.15) is 0 Å². The average Bonchev–Trinajstić information content (AvgIpc) is 2.68. The van der Waals surface area contributed by atoms with Crippen LogP contribution in [0, 0.1) is 18.2 Å². The summed E-state index contributed by atoms with van der Waals surface area (Å²) in [6, 6.07) is 7.15. The van der Waals surface area contributed by atoms with E-state index in [1.54, 1.807) is 18.0 Å². The Morgan fingerprint density at radius 1 is 1.23 bits per heavy atom. The summed E-state index contributed by atoms with van der Waals surface area (Å²) in [5.41, 5.74) is 8.60. The largest absolute Gasteiger partial charge is 0.481 e. The number of fused-ring (bicyclic) bond motifs is 3. The molecule has 2 aromatic carbocycles. The second-order valence-corrected chi connectivity index (χ2v) is 9.92. The van der Waals surface area contributed by atoms with Crippen LogP contribution in [0.3, 0.4) is 0 Å². The van der Waals surface area contributed by atoms with Gasteiger partial charge in [-0.25, -0.2) is 4.39 Å². The topological polar surface area (TPSA) is 40.5 Å². The van der Waals surface area contributed by atoms with Crippen molar-refractivity contribution in [3.05, 3.63) is 58.4 Å². The summed E-state index contributed by atoms with van der Waals surface area (Å²) in [5, 5.41) is 9.63. The molecule has 1 heterocycles. The molecule has 0 atom stereocenters. The highest BCUT2D eigenvalue weighted by Gasteiger charge is 2.30. The molecule has 0 bridgehead atoms. The van der Waals surface area contributed by atoms with E-state index in [1.165, 1.54) is 11.6 Å². The van der Waals surface area contributed by atoms with Gasteiger partial charge in [-0.05, 0) is 83.2 Å². The molecule has 5 heteroatoms. The van der Waals surface area contributed by atoms with Gasteiger partial charge in [0.2, 0.25) is 0 Å². The van der Waals surface area contributed by atoms with Gasteiger partial charge in [-0.1, -0.05) is 37.9 Å². The number of aliphatic carboxylic acids is 1. The minimum absolute atomic E-state index is 0.00761. The van der Waals surface area contributed by atoms with E-state index in [2.05, 4.69) is 30.3 Å². The number of carbonyl (C=O) groups is 1. The quantitative estimate of drug-likeness (QED) is 0.559. The lowest BCUT2D eigenvalue weighted by molar-refractivity contribution is -0.136. The van der Waals surface area contributed by atoms with Crippen molar-refractivity contribution in [2.24, 2.45) is 5.41 Å². The summed E-state index contributed by atoms with van der Waals surface area (Å²) in [5.74, 6) is -1.04. The molecule has 0 unspecified atom stereocenters. The van der Waals surface area contributed by atoms with E-state index in [4.69, 9.17) is 0 Å². The fourth-order valence-electron chi connectivity index (χ4n) is 4.71. The summed E-state index contributed by atoms with van der Waals surface area (Å²) in [4.78, 5) is 11.7. The minimum Gasteiger partial charge on any atom is -0.481 e. The second kappa shape index (κ2) is 7.77. The van der Waals surface area contributed by atoms with E-state index in [0.29, 0.717) is 6.54 Å². The van der Waals surface area contributed by atoms with Crippen LogP contribution in [0.1, 0.15) is 55.4 Å². The highest BCUT2D eigenvalue weighted by Crippen LogP contribution is 2.48. The van der Waals surface area contributed by atoms with Gasteiger partial charge in [0.1, 0.15) is 5.82 Å². The van der Waals surface area contributed by atoms with Gasteiger partial charge in [-0.3, -0.25) is 4.79 Å². The fraction of sp³-hybridized carbons (Fsp3) is 0.400. The van der Waals surface area contributed by atoms with E-state index in [-0.39, 0.29) is 17.7 Å². The molecule has 2 aromatic rings. The van der Waals surface area contributed by atoms with Crippen molar-refractivity contribution in [3.8, 4) is 11.1 Å². The lowest BCUT2D eigenvalue weighted by Crippen LogP contribution is -2.22. The van der Waals surface area contributed by atoms with E-state index < -0.39 is 5.97 Å². The number of anilines is 1. The van der Waals surface area contributed by atoms with Gasteiger partial charge in [0.25, 0.3) is 0 Å². The molecule has 0 amide bonds. The Morgan fingerprint density at radius 2 is 2.00 bits per heavy atom. The van der Waals surface area contributed by atoms with E-state index in [0.717, 1.165) is 58.3 Å². The molecular formula is C25H28FNO2S. The van der Waals surface area contributed by atoms with Crippen LogP contribution in [0.4, 0.5) is 10.1 Å². The molecule has 1 aliphatic carbocycles. The highest BCUT2D eigenvalue weighted by atomic mass is 32.2. The molecular weight excluding hydrogens is 397 g/mol. The number of hydrogen-bond acceptors (Lipinski definition) is 3. The number of hydrogen-bond donors (Lipinski definition) is 1. The number of carboxylic acid groups (broad SMARTS) is 1. The van der Waals surface area contributed by atoms with Crippen LogP contribution in [0.5, 0.6) is 0 Å². The van der Waals surface area contributed by atoms with Gasteiger partial charge in [0.15, 0.2) is 0 Å². The van der Waals surface area contributed by atoms with Crippen LogP contribution in [0.2, 0.25) is 0 Å². The number of allylic oxidation sites excluding steroid dienone is 2. The Labute approximate surface area is 182 Å². The minimum atomic E-state index is -0.815. The molecule has 0 spiro atoms. The third kappa shape index (κ3) is 3.76. The van der Waals surface area contributed by atoms with Crippen LogP contribution in [-0.2, 0) is 17.8 Å². The van der Waals surface area contributed by atoms with Crippen molar-refractivity contribution in [1.82, 2.24) is 0 Å². The molecule has 0 radical (unpaired) electrons. The molecule has 2 aliphatic rings. The molecule has 0 saturated heterocycles. The third-order valence-corrected chi connectivity index (χ3v) is 7.22. The number of benzene rings is 2. The number of carboxylic acids is 1. The molecule has 3 nitrogen and oxygen atoms in total. The lowest BCUT2D eigenvalue weighted by Gasteiger charge is -2.35. The zero-order valence-electron chi connectivity index (χ0n) is 18.0. The SMILES string of the molecule is CSN1Cc2cc(F)ccc2-c2cc(C3=CCC(C)(C)CC3)c(CC(=O)O)c(C)c21. The monoisotopic (exact) mass is 425 g/mol. The third-order valence-electron chi connectivity index (χ3n) is 6.46. The molecule has 30 heavy (non-hydrogen) atoms. The van der Waals surface area contributed by atoms with Crippen LogP contribution >= 0.6 is 11.9 Å². The van der Waals surface area contributed by atoms with Crippen LogP contribution in [0.25, 0.3) is 16.7 Å². The first-order valence-electron chi connectivity index (χ1n) is 10.4. The zero-order chi connectivity index (χ0) is 21.6. The molecule has 0 saturated carbocycles. The van der Waals surface area contributed by atoms with Crippen LogP contribution in [-0.4, -0.2) is 17.3 Å². The molecule has 1 aliphatic heterocycles. The Morgan fingerprint density at radius 3 is 2.63 bits per heavy atom. The number of rotatable bonds is 4. The Balaban J connectivity index is 1.97. The maximum atomic E-state index is 13.9. The lowest BCUT2D eigenvalue weighted by atomic mass is 9.75. The first-order chi connectivity index (χ1) is 14.2. The van der Waals surface area contributed by atoms with Crippen molar-refractivity contribution in [3.63, 3.8) is 0 Å². The van der Waals surface area contributed by atoms with Crippen molar-refractivity contribution in [2.45, 2.75) is 53.0 Å². The van der Waals surface area contributed by atoms with E-state index >= 15 is 0 Å². The molecule has 4 rings (SSSR count). The van der Waals surface area contributed by atoms with Crippen molar-refractivity contribution in [2.75, 3.05) is 10.6 Å². The summed E-state index contributed by atoms with van der Waals surface area (Å²) >= 11 is 1.59. The van der Waals surface area contributed by atoms with E-state index in [1.807, 2.05) is 19.2 Å². The fourth-order valence-corrected chi connectivity index (χ4v) is 5.39. The number of halogens is 1. The summed E-state index contributed by atoms with van der Waals surface area (Å²) in [6.45, 7) is 7.19. The molecule has 0 fully saturated rings. The molecule has 1 N–H and O–H groups in total. The van der Waals surface area contributed by atoms with Crippen molar-refractivity contribution in [1.29, 1.82) is 0 Å². The maximum absolute atomic E-state index is 13.9.